The van der Waals surface area contributed by atoms with Crippen molar-refractivity contribution in [3.05, 3.63) is 110 Å². The maximum absolute atomic E-state index is 14.4. The van der Waals surface area contributed by atoms with Crippen molar-refractivity contribution < 1.29 is 23.8 Å². The number of halogens is 1. The molecule has 0 aliphatic carbocycles. The summed E-state index contributed by atoms with van der Waals surface area (Å²) in [6.45, 7) is 5.34. The molecule has 0 unspecified atom stereocenters. The molecule has 11 heteroatoms. The van der Waals surface area contributed by atoms with Gasteiger partial charge in [0.25, 0.3) is 5.91 Å². The van der Waals surface area contributed by atoms with E-state index in [9.17, 15) is 19.7 Å². The fourth-order valence-corrected chi connectivity index (χ4v) is 5.19. The van der Waals surface area contributed by atoms with Crippen LogP contribution in [0.1, 0.15) is 37.7 Å². The smallest absolute Gasteiger partial charge is 0.408 e. The van der Waals surface area contributed by atoms with Crippen molar-refractivity contribution in [1.29, 1.82) is 0 Å². The lowest BCUT2D eigenvalue weighted by Gasteiger charge is -2.30. The van der Waals surface area contributed by atoms with E-state index < -0.39 is 28.1 Å². The Balaban J connectivity index is 1.64. The highest BCUT2D eigenvalue weighted by Gasteiger charge is 2.54. The van der Waals surface area contributed by atoms with Crippen LogP contribution >= 0.6 is 15.9 Å². The zero-order valence-electron chi connectivity index (χ0n) is 22.6. The molecule has 3 aromatic carbocycles. The number of nitrogens with one attached hydrogen (secondary N) is 1. The fraction of sp³-hybridized carbons (Fsp3) is 0.233. The maximum Gasteiger partial charge on any atom is 0.408 e. The highest BCUT2D eigenvalue weighted by atomic mass is 79.9. The molecule has 1 aromatic heterocycles. The molecule has 0 radical (unpaired) electrons. The predicted octanol–water partition coefficient (Wildman–Crippen LogP) is 6.52. The minimum atomic E-state index is -1.77. The van der Waals surface area contributed by atoms with E-state index in [4.69, 9.17) is 9.26 Å². The SMILES string of the molecule is CC(C)(C)OC(=O)N[C@@]1(Cc2onc(-c3ccc(Br)cc3)c2[N+](=O)[O-])C(=O)N(Cc2ccccc2)c2ccccc21. The van der Waals surface area contributed by atoms with Crippen LogP contribution in [0.15, 0.2) is 87.9 Å². The van der Waals surface area contributed by atoms with Gasteiger partial charge in [-0.15, -0.1) is 0 Å². The van der Waals surface area contributed by atoms with Crippen molar-refractivity contribution in [3.8, 4) is 11.3 Å². The van der Waals surface area contributed by atoms with Crippen LogP contribution in [0, 0.1) is 10.1 Å². The van der Waals surface area contributed by atoms with Gasteiger partial charge in [0.15, 0.2) is 11.2 Å². The monoisotopic (exact) mass is 618 g/mol. The number of rotatable bonds is 7. The number of carbonyl (C=O) groups excluding carboxylic acids is 2. The minimum Gasteiger partial charge on any atom is -0.444 e. The van der Waals surface area contributed by atoms with Gasteiger partial charge in [0.05, 0.1) is 23.6 Å². The average molecular weight is 619 g/mol. The predicted molar refractivity (Wildman–Crippen MR) is 155 cm³/mol. The van der Waals surface area contributed by atoms with Crippen LogP contribution in [0.3, 0.4) is 0 Å². The van der Waals surface area contributed by atoms with E-state index in [0.29, 0.717) is 16.8 Å². The summed E-state index contributed by atoms with van der Waals surface area (Å²) < 4.78 is 11.9. The molecular formula is C30H27BrN4O6. The third kappa shape index (κ3) is 5.58. The number of hydrogen-bond donors (Lipinski definition) is 1. The first-order valence-electron chi connectivity index (χ1n) is 12.8. The Labute approximate surface area is 244 Å². The van der Waals surface area contributed by atoms with E-state index in [1.807, 2.05) is 30.3 Å². The number of aromatic nitrogens is 1. The number of anilines is 1. The second-order valence-corrected chi connectivity index (χ2v) is 11.6. The maximum atomic E-state index is 14.4. The molecule has 2 amide bonds. The summed E-state index contributed by atoms with van der Waals surface area (Å²) in [4.78, 5) is 41.0. The Hall–Kier alpha value is -4.51. The van der Waals surface area contributed by atoms with Crippen LogP contribution in [0.2, 0.25) is 0 Å². The molecule has 10 nitrogen and oxygen atoms in total. The normalized spacial score (nSPS) is 16.4. The van der Waals surface area contributed by atoms with E-state index in [0.717, 1.165) is 10.0 Å². The van der Waals surface area contributed by atoms with Crippen molar-refractivity contribution >= 4 is 39.3 Å². The summed E-state index contributed by atoms with van der Waals surface area (Å²) >= 11 is 3.36. The molecule has 0 bridgehead atoms. The van der Waals surface area contributed by atoms with Gasteiger partial charge in [0.2, 0.25) is 5.76 Å². The van der Waals surface area contributed by atoms with Gasteiger partial charge in [0, 0.05) is 15.6 Å². The van der Waals surface area contributed by atoms with Gasteiger partial charge in [-0.05, 0) is 44.5 Å². The number of amides is 2. The Morgan fingerprint density at radius 3 is 2.39 bits per heavy atom. The molecule has 0 spiro atoms. The number of carbonyl (C=O) groups is 2. The molecule has 1 aliphatic rings. The molecular weight excluding hydrogens is 592 g/mol. The van der Waals surface area contributed by atoms with E-state index >= 15 is 0 Å². The average Bonchev–Trinajstić information content (AvgIpc) is 3.42. The van der Waals surface area contributed by atoms with E-state index in [2.05, 4.69) is 26.4 Å². The minimum absolute atomic E-state index is 0.0183. The number of para-hydroxylation sites is 1. The second-order valence-electron chi connectivity index (χ2n) is 10.7. The number of fused-ring (bicyclic) bond motifs is 1. The van der Waals surface area contributed by atoms with Crippen molar-refractivity contribution in [3.63, 3.8) is 0 Å². The van der Waals surface area contributed by atoms with Crippen molar-refractivity contribution in [2.45, 2.75) is 44.9 Å². The molecule has 210 valence electrons. The van der Waals surface area contributed by atoms with Crippen molar-refractivity contribution in [2.24, 2.45) is 0 Å². The van der Waals surface area contributed by atoms with Crippen molar-refractivity contribution in [2.75, 3.05) is 4.90 Å². The van der Waals surface area contributed by atoms with Gasteiger partial charge < -0.3 is 19.5 Å². The summed E-state index contributed by atoms with van der Waals surface area (Å²) in [7, 11) is 0. The van der Waals surface area contributed by atoms with Crippen LogP contribution < -0.4 is 10.2 Å². The standard InChI is InChI=1S/C30H27BrN4O6/c1-29(2,3)40-28(37)32-30(17-24-26(35(38)39)25(33-41-24)20-13-15-21(31)16-14-20)22-11-7-8-12-23(22)34(27(30)36)18-19-9-5-4-6-10-19/h4-16H,17-18H2,1-3H3,(H,32,37)/t30-/m1/s1. The largest absolute Gasteiger partial charge is 0.444 e. The summed E-state index contributed by atoms with van der Waals surface area (Å²) in [5.74, 6) is -0.641. The topological polar surface area (TPSA) is 128 Å². The zero-order chi connectivity index (χ0) is 29.4. The molecule has 41 heavy (non-hydrogen) atoms. The molecule has 2 heterocycles. The van der Waals surface area contributed by atoms with Gasteiger partial charge in [-0.2, -0.15) is 0 Å². The van der Waals surface area contributed by atoms with Crippen LogP contribution in [-0.2, 0) is 28.0 Å². The first-order chi connectivity index (χ1) is 19.5. The lowest BCUT2D eigenvalue weighted by atomic mass is 9.86. The third-order valence-corrected chi connectivity index (χ3v) is 7.15. The van der Waals surface area contributed by atoms with Crippen LogP contribution in [-0.4, -0.2) is 27.7 Å². The van der Waals surface area contributed by atoms with Gasteiger partial charge in [-0.25, -0.2) is 4.79 Å². The highest BCUT2D eigenvalue weighted by molar-refractivity contribution is 9.10. The van der Waals surface area contributed by atoms with Gasteiger partial charge in [-0.1, -0.05) is 81.8 Å². The number of hydrogen-bond acceptors (Lipinski definition) is 7. The van der Waals surface area contributed by atoms with Gasteiger partial charge >= 0.3 is 11.8 Å². The summed E-state index contributed by atoms with van der Waals surface area (Å²) in [6, 6.07) is 23.2. The summed E-state index contributed by atoms with van der Waals surface area (Å²) in [6.07, 6.45) is -1.22. The first-order valence-corrected chi connectivity index (χ1v) is 13.6. The van der Waals surface area contributed by atoms with Gasteiger partial charge in [0.1, 0.15) is 5.60 Å². The molecule has 1 atom stereocenters. The van der Waals surface area contributed by atoms with E-state index in [1.165, 1.54) is 0 Å². The quantitative estimate of drug-likeness (QED) is 0.184. The fourth-order valence-electron chi connectivity index (χ4n) is 4.92. The molecule has 4 aromatic rings. The Kier molecular flexibility index (Phi) is 7.39. The number of alkyl carbamates (subject to hydrolysis) is 1. The first kappa shape index (κ1) is 28.0. The number of ether oxygens (including phenoxy) is 1. The molecule has 1 N–H and O–H groups in total. The Morgan fingerprint density at radius 1 is 1.07 bits per heavy atom. The molecule has 0 saturated carbocycles. The summed E-state index contributed by atoms with van der Waals surface area (Å²) in [5.41, 5.74) is -0.637. The lowest BCUT2D eigenvalue weighted by molar-refractivity contribution is -0.385. The van der Waals surface area contributed by atoms with E-state index in [1.54, 1.807) is 74.2 Å². The van der Waals surface area contributed by atoms with Gasteiger partial charge in [-0.3, -0.25) is 14.9 Å². The zero-order valence-corrected chi connectivity index (χ0v) is 24.2. The van der Waals surface area contributed by atoms with Crippen LogP contribution in [0.4, 0.5) is 16.2 Å². The van der Waals surface area contributed by atoms with Crippen molar-refractivity contribution in [1.82, 2.24) is 10.5 Å². The molecule has 5 rings (SSSR count). The molecule has 0 fully saturated rings. The summed E-state index contributed by atoms with van der Waals surface area (Å²) in [5, 5.41) is 19.1. The van der Waals surface area contributed by atoms with Crippen LogP contribution in [0.25, 0.3) is 11.3 Å². The Morgan fingerprint density at radius 2 is 1.73 bits per heavy atom. The molecule has 1 aliphatic heterocycles. The molecule has 0 saturated heterocycles. The Bertz CT molecular complexity index is 1610. The number of nitrogens with zero attached hydrogens (tertiary/aromatic N) is 3. The van der Waals surface area contributed by atoms with E-state index in [-0.39, 0.29) is 30.1 Å². The number of nitro groups is 1. The second kappa shape index (κ2) is 10.8. The lowest BCUT2D eigenvalue weighted by Crippen LogP contribution is -2.55. The van der Waals surface area contributed by atoms with Crippen LogP contribution in [0.5, 0.6) is 0 Å². The highest BCUT2D eigenvalue weighted by Crippen LogP contribution is 2.45. The third-order valence-electron chi connectivity index (χ3n) is 6.62. The number of benzene rings is 3.